The lowest BCUT2D eigenvalue weighted by atomic mass is 10.1. The first-order chi connectivity index (χ1) is 8.58. The second-order valence-corrected chi connectivity index (χ2v) is 4.02. The minimum Gasteiger partial charge on any atom is -0.490 e. The Hall–Kier alpha value is -1.66. The lowest BCUT2D eigenvalue weighted by Gasteiger charge is -2.10. The number of aryl methyl sites for hydroxylation is 1. The highest BCUT2D eigenvalue weighted by atomic mass is 16.6. The number of nitrogens with zero attached hydrogens (tertiary/aromatic N) is 1. The van der Waals surface area contributed by atoms with Gasteiger partial charge in [0.1, 0.15) is 0 Å². The van der Waals surface area contributed by atoms with Crippen LogP contribution in [0.1, 0.15) is 12.0 Å². The van der Waals surface area contributed by atoms with E-state index >= 15 is 0 Å². The van der Waals surface area contributed by atoms with Crippen LogP contribution in [0.2, 0.25) is 0 Å². The third-order valence-corrected chi connectivity index (χ3v) is 2.62. The van der Waals surface area contributed by atoms with Gasteiger partial charge in [-0.1, -0.05) is 6.07 Å². The number of benzene rings is 1. The van der Waals surface area contributed by atoms with Crippen LogP contribution in [0.15, 0.2) is 18.2 Å². The Kier molecular flexibility index (Phi) is 5.54. The normalized spacial score (nSPS) is 12.2. The Morgan fingerprint density at radius 2 is 2.17 bits per heavy atom. The van der Waals surface area contributed by atoms with Crippen molar-refractivity contribution in [3.63, 3.8) is 0 Å². The molecule has 0 aromatic heterocycles. The van der Waals surface area contributed by atoms with E-state index in [4.69, 9.17) is 15.2 Å². The van der Waals surface area contributed by atoms with Crippen molar-refractivity contribution in [1.29, 1.82) is 0 Å². The van der Waals surface area contributed by atoms with Crippen molar-refractivity contribution in [3.05, 3.63) is 33.9 Å². The van der Waals surface area contributed by atoms with Gasteiger partial charge in [0.25, 0.3) is 0 Å². The molecule has 0 spiro atoms. The molecule has 1 aromatic carbocycles. The van der Waals surface area contributed by atoms with E-state index in [0.29, 0.717) is 13.0 Å². The van der Waals surface area contributed by atoms with Crippen LogP contribution in [0.4, 0.5) is 5.69 Å². The van der Waals surface area contributed by atoms with Gasteiger partial charge in [-0.05, 0) is 24.5 Å². The second kappa shape index (κ2) is 6.93. The lowest BCUT2D eigenvalue weighted by molar-refractivity contribution is -0.385. The van der Waals surface area contributed by atoms with Gasteiger partial charge >= 0.3 is 5.69 Å². The molecule has 6 heteroatoms. The molecule has 2 N–H and O–H groups in total. The van der Waals surface area contributed by atoms with Gasteiger partial charge in [-0.25, -0.2) is 0 Å². The number of hydrogen-bond donors (Lipinski definition) is 1. The van der Waals surface area contributed by atoms with Crippen molar-refractivity contribution >= 4 is 5.69 Å². The maximum atomic E-state index is 10.9. The van der Waals surface area contributed by atoms with Crippen LogP contribution in [-0.4, -0.2) is 31.8 Å². The van der Waals surface area contributed by atoms with E-state index in [2.05, 4.69) is 0 Å². The molecule has 1 aromatic rings. The van der Waals surface area contributed by atoms with Gasteiger partial charge in [0.15, 0.2) is 5.75 Å². The highest BCUT2D eigenvalue weighted by Gasteiger charge is 2.15. The number of rotatable bonds is 7. The molecule has 1 atom stereocenters. The molecule has 0 aliphatic rings. The molecule has 0 aliphatic heterocycles. The molecule has 0 fully saturated rings. The maximum Gasteiger partial charge on any atom is 0.311 e. The van der Waals surface area contributed by atoms with Gasteiger partial charge < -0.3 is 15.2 Å². The summed E-state index contributed by atoms with van der Waals surface area (Å²) in [5.74, 6) is 0.268. The molecule has 0 aliphatic carbocycles. The van der Waals surface area contributed by atoms with Crippen LogP contribution < -0.4 is 10.5 Å². The topological polar surface area (TPSA) is 87.6 Å². The summed E-state index contributed by atoms with van der Waals surface area (Å²) < 4.78 is 9.88. The minimum absolute atomic E-state index is 0.0182. The standard InChI is InChI=1S/C12H18N2O4/c1-17-8-10(13)5-3-9-4-6-12(18-2)11(7-9)14(15)16/h4,6-7,10H,3,5,8,13H2,1-2H3. The fourth-order valence-corrected chi connectivity index (χ4v) is 1.68. The molecule has 1 rings (SSSR count). The van der Waals surface area contributed by atoms with E-state index in [1.807, 2.05) is 6.07 Å². The van der Waals surface area contributed by atoms with Gasteiger partial charge in [0.2, 0.25) is 0 Å². The van der Waals surface area contributed by atoms with Gasteiger partial charge in [0, 0.05) is 19.2 Å². The molecule has 18 heavy (non-hydrogen) atoms. The SMILES string of the molecule is COCC(N)CCc1ccc(OC)c([N+](=O)[O-])c1. The van der Waals surface area contributed by atoms with Crippen LogP contribution in [0.3, 0.4) is 0 Å². The number of nitro groups is 1. The molecule has 0 saturated heterocycles. The monoisotopic (exact) mass is 254 g/mol. The zero-order valence-corrected chi connectivity index (χ0v) is 10.6. The molecule has 1 unspecified atom stereocenters. The zero-order valence-electron chi connectivity index (χ0n) is 10.6. The average molecular weight is 254 g/mol. The molecule has 0 amide bonds. The lowest BCUT2D eigenvalue weighted by Crippen LogP contribution is -2.26. The van der Waals surface area contributed by atoms with E-state index in [1.165, 1.54) is 13.2 Å². The number of nitro benzene ring substituents is 1. The highest BCUT2D eigenvalue weighted by molar-refractivity contribution is 5.48. The summed E-state index contributed by atoms with van der Waals surface area (Å²) in [7, 11) is 3.01. The van der Waals surface area contributed by atoms with Crippen molar-refractivity contribution in [1.82, 2.24) is 0 Å². The summed E-state index contributed by atoms with van der Waals surface area (Å²) in [6.07, 6.45) is 1.40. The largest absolute Gasteiger partial charge is 0.490 e. The molecule has 0 heterocycles. The predicted molar refractivity (Wildman–Crippen MR) is 67.8 cm³/mol. The first kappa shape index (κ1) is 14.4. The van der Waals surface area contributed by atoms with E-state index in [-0.39, 0.29) is 17.5 Å². The predicted octanol–water partition coefficient (Wildman–Crippen LogP) is 1.51. The zero-order chi connectivity index (χ0) is 13.5. The first-order valence-electron chi connectivity index (χ1n) is 5.64. The van der Waals surface area contributed by atoms with Crippen LogP contribution in [0.25, 0.3) is 0 Å². The van der Waals surface area contributed by atoms with Crippen molar-refractivity contribution in [2.24, 2.45) is 5.73 Å². The van der Waals surface area contributed by atoms with Crippen LogP contribution in [-0.2, 0) is 11.2 Å². The Labute approximate surface area is 106 Å². The summed E-state index contributed by atoms with van der Waals surface area (Å²) in [5, 5.41) is 10.9. The Balaban J connectivity index is 2.73. The number of ether oxygens (including phenoxy) is 2. The van der Waals surface area contributed by atoms with E-state index in [1.54, 1.807) is 13.2 Å². The van der Waals surface area contributed by atoms with Crippen molar-refractivity contribution in [2.45, 2.75) is 18.9 Å². The van der Waals surface area contributed by atoms with Crippen molar-refractivity contribution in [3.8, 4) is 5.75 Å². The Morgan fingerprint density at radius 3 is 2.72 bits per heavy atom. The van der Waals surface area contributed by atoms with E-state index in [9.17, 15) is 10.1 Å². The van der Waals surface area contributed by atoms with Crippen LogP contribution in [0, 0.1) is 10.1 Å². The smallest absolute Gasteiger partial charge is 0.311 e. The fraction of sp³-hybridized carbons (Fsp3) is 0.500. The molecule has 6 nitrogen and oxygen atoms in total. The van der Waals surface area contributed by atoms with Crippen LogP contribution in [0.5, 0.6) is 5.75 Å². The number of hydrogen-bond acceptors (Lipinski definition) is 5. The van der Waals surface area contributed by atoms with Crippen molar-refractivity contribution in [2.75, 3.05) is 20.8 Å². The summed E-state index contributed by atoms with van der Waals surface area (Å²) in [5.41, 5.74) is 6.65. The van der Waals surface area contributed by atoms with Crippen LogP contribution >= 0.6 is 0 Å². The average Bonchev–Trinajstić information content (AvgIpc) is 2.36. The second-order valence-electron chi connectivity index (χ2n) is 4.02. The minimum atomic E-state index is -0.447. The first-order valence-corrected chi connectivity index (χ1v) is 5.64. The quantitative estimate of drug-likeness (QED) is 0.588. The molecule has 0 radical (unpaired) electrons. The molecule has 0 saturated carbocycles. The van der Waals surface area contributed by atoms with Crippen molar-refractivity contribution < 1.29 is 14.4 Å². The number of nitrogens with two attached hydrogens (primary N) is 1. The third-order valence-electron chi connectivity index (χ3n) is 2.62. The molecular formula is C12H18N2O4. The summed E-state index contributed by atoms with van der Waals surface area (Å²) in [6.45, 7) is 0.484. The Morgan fingerprint density at radius 1 is 1.44 bits per heavy atom. The third kappa shape index (κ3) is 3.97. The molecule has 0 bridgehead atoms. The fourth-order valence-electron chi connectivity index (χ4n) is 1.68. The molecule has 100 valence electrons. The van der Waals surface area contributed by atoms with E-state index in [0.717, 1.165) is 12.0 Å². The van der Waals surface area contributed by atoms with Gasteiger partial charge in [-0.2, -0.15) is 0 Å². The summed E-state index contributed by atoms with van der Waals surface area (Å²) >= 11 is 0. The maximum absolute atomic E-state index is 10.9. The van der Waals surface area contributed by atoms with Gasteiger partial charge in [-0.3, -0.25) is 10.1 Å². The Bertz CT molecular complexity index is 409. The summed E-state index contributed by atoms with van der Waals surface area (Å²) in [6, 6.07) is 4.88. The number of methoxy groups -OCH3 is 2. The highest BCUT2D eigenvalue weighted by Crippen LogP contribution is 2.27. The molecular weight excluding hydrogens is 236 g/mol. The van der Waals surface area contributed by atoms with Gasteiger partial charge in [0.05, 0.1) is 18.6 Å². The van der Waals surface area contributed by atoms with E-state index < -0.39 is 4.92 Å². The van der Waals surface area contributed by atoms with Gasteiger partial charge in [-0.15, -0.1) is 0 Å². The summed E-state index contributed by atoms with van der Waals surface area (Å²) in [4.78, 5) is 10.4.